The third-order valence-electron chi connectivity index (χ3n) is 6.20. The van der Waals surface area contributed by atoms with Gasteiger partial charge in [0.15, 0.2) is 0 Å². The van der Waals surface area contributed by atoms with Gasteiger partial charge in [-0.05, 0) is 44.4 Å². The van der Waals surface area contributed by atoms with Crippen molar-refractivity contribution in [1.82, 2.24) is 24.8 Å². The lowest BCUT2D eigenvalue weighted by molar-refractivity contribution is -0.0654. The summed E-state index contributed by atoms with van der Waals surface area (Å²) >= 11 is 1.56. The Morgan fingerprint density at radius 3 is 2.69 bits per heavy atom. The van der Waals surface area contributed by atoms with Gasteiger partial charge in [-0.15, -0.1) is 17.8 Å². The van der Waals surface area contributed by atoms with Crippen molar-refractivity contribution in [2.24, 2.45) is 0 Å². The predicted octanol–water partition coefficient (Wildman–Crippen LogP) is 4.38. The van der Waals surface area contributed by atoms with E-state index in [0.717, 1.165) is 47.7 Å². The van der Waals surface area contributed by atoms with Crippen LogP contribution in [0, 0.1) is 12.3 Å². The molecule has 5 rings (SSSR count). The topological polar surface area (TPSA) is 73.3 Å². The molecule has 35 heavy (non-hydrogen) atoms. The Kier molecular flexibility index (Phi) is 7.19. The third kappa shape index (κ3) is 5.76. The number of pyridine rings is 1. The van der Waals surface area contributed by atoms with Crippen LogP contribution in [0.4, 0.5) is 0 Å². The SMILES string of the molecule is C#CC(c1ccnc(OCC2=CC=C(CN3CC(C)OC(C)C3)CC2)n1)c1nc2cnccc2s1. The average molecular weight is 488 g/mol. The second kappa shape index (κ2) is 10.6. The maximum absolute atomic E-state index is 5.95. The van der Waals surface area contributed by atoms with Crippen LogP contribution in [0.3, 0.4) is 0 Å². The Morgan fingerprint density at radius 2 is 1.94 bits per heavy atom. The molecule has 0 spiro atoms. The second-order valence-electron chi connectivity index (χ2n) is 9.15. The zero-order chi connectivity index (χ0) is 24.2. The monoisotopic (exact) mass is 487 g/mol. The summed E-state index contributed by atoms with van der Waals surface area (Å²) in [5.41, 5.74) is 4.24. The molecular formula is C27H29N5O2S. The molecule has 1 saturated heterocycles. The molecule has 3 aromatic rings. The molecule has 0 amide bonds. The largest absolute Gasteiger partial charge is 0.459 e. The Morgan fingerprint density at radius 1 is 1.14 bits per heavy atom. The minimum absolute atomic E-state index is 0.291. The number of terminal acetylenes is 1. The number of nitrogens with zero attached hydrogens (tertiary/aromatic N) is 5. The van der Waals surface area contributed by atoms with Crippen LogP contribution in [-0.4, -0.2) is 63.3 Å². The van der Waals surface area contributed by atoms with Crippen LogP contribution < -0.4 is 4.74 Å². The number of fused-ring (bicyclic) bond motifs is 1. The Balaban J connectivity index is 1.21. The highest BCUT2D eigenvalue weighted by molar-refractivity contribution is 7.18. The van der Waals surface area contributed by atoms with Crippen LogP contribution >= 0.6 is 11.3 Å². The molecule has 2 aliphatic rings. The van der Waals surface area contributed by atoms with E-state index in [2.05, 4.69) is 56.8 Å². The molecule has 0 saturated carbocycles. The van der Waals surface area contributed by atoms with E-state index < -0.39 is 0 Å². The molecule has 3 atom stereocenters. The summed E-state index contributed by atoms with van der Waals surface area (Å²) < 4.78 is 12.8. The third-order valence-corrected chi connectivity index (χ3v) is 7.30. The van der Waals surface area contributed by atoms with Crippen molar-refractivity contribution in [1.29, 1.82) is 0 Å². The standard InChI is InChI=1S/C27H29N5O2S/c1-4-22(26-30-24-13-28-11-10-25(24)35-26)23-9-12-29-27(31-23)33-17-21-7-5-20(6-8-21)16-32-14-18(2)34-19(3)15-32/h1,5,7,9-13,18-19,22H,6,8,14-17H2,2-3H3. The molecular weight excluding hydrogens is 458 g/mol. The van der Waals surface area contributed by atoms with Crippen LogP contribution in [0.5, 0.6) is 6.01 Å². The van der Waals surface area contributed by atoms with Crippen molar-refractivity contribution >= 4 is 21.6 Å². The van der Waals surface area contributed by atoms with Gasteiger partial charge in [0.25, 0.3) is 0 Å². The quantitative estimate of drug-likeness (QED) is 0.458. The molecule has 0 aromatic carbocycles. The number of rotatable bonds is 7. The Bertz CT molecular complexity index is 1250. The van der Waals surface area contributed by atoms with Crippen LogP contribution in [0.2, 0.25) is 0 Å². The van der Waals surface area contributed by atoms with Gasteiger partial charge in [0, 0.05) is 32.0 Å². The van der Waals surface area contributed by atoms with E-state index in [1.165, 1.54) is 11.1 Å². The second-order valence-corrected chi connectivity index (χ2v) is 10.2. The van der Waals surface area contributed by atoms with Crippen LogP contribution in [0.15, 0.2) is 54.0 Å². The average Bonchev–Trinajstić information content (AvgIpc) is 3.27. The molecule has 8 heteroatoms. The van der Waals surface area contributed by atoms with E-state index in [4.69, 9.17) is 15.9 Å². The minimum Gasteiger partial charge on any atom is -0.459 e. The molecule has 1 aliphatic heterocycles. The van der Waals surface area contributed by atoms with Crippen LogP contribution in [-0.2, 0) is 4.74 Å². The first kappa shape index (κ1) is 23.6. The zero-order valence-corrected chi connectivity index (χ0v) is 20.9. The van der Waals surface area contributed by atoms with E-state index in [0.29, 0.717) is 30.5 Å². The summed E-state index contributed by atoms with van der Waals surface area (Å²) in [5, 5.41) is 0.817. The number of allylic oxidation sites excluding steroid dienone is 2. The molecule has 0 N–H and O–H groups in total. The summed E-state index contributed by atoms with van der Waals surface area (Å²) in [6, 6.07) is 4.10. The van der Waals surface area contributed by atoms with Crippen molar-refractivity contribution in [3.63, 3.8) is 0 Å². The molecule has 7 nitrogen and oxygen atoms in total. The van der Waals surface area contributed by atoms with Gasteiger partial charge in [0.1, 0.15) is 17.5 Å². The molecule has 180 valence electrons. The summed E-state index contributed by atoms with van der Waals surface area (Å²) in [7, 11) is 0. The molecule has 0 bridgehead atoms. The predicted molar refractivity (Wildman–Crippen MR) is 137 cm³/mol. The normalized spacial score (nSPS) is 21.7. The fraction of sp³-hybridized carbons (Fsp3) is 0.407. The molecule has 1 fully saturated rings. The van der Waals surface area contributed by atoms with E-state index in [-0.39, 0.29) is 5.92 Å². The Labute approximate surface area is 209 Å². The Hall–Kier alpha value is -3.12. The van der Waals surface area contributed by atoms with E-state index in [1.807, 2.05) is 12.1 Å². The first-order chi connectivity index (χ1) is 17.1. The highest BCUT2D eigenvalue weighted by Gasteiger charge is 2.23. The summed E-state index contributed by atoms with van der Waals surface area (Å²) in [5.74, 6) is 2.46. The van der Waals surface area contributed by atoms with Crippen LogP contribution in [0.25, 0.3) is 10.2 Å². The summed E-state index contributed by atoms with van der Waals surface area (Å²) in [6.07, 6.45) is 18.1. The van der Waals surface area contributed by atoms with E-state index >= 15 is 0 Å². The van der Waals surface area contributed by atoms with Gasteiger partial charge < -0.3 is 9.47 Å². The lowest BCUT2D eigenvalue weighted by Gasteiger charge is -2.36. The van der Waals surface area contributed by atoms with Crippen LogP contribution in [0.1, 0.15) is 43.3 Å². The molecule has 4 heterocycles. The lowest BCUT2D eigenvalue weighted by atomic mass is 9.98. The smallest absolute Gasteiger partial charge is 0.316 e. The zero-order valence-electron chi connectivity index (χ0n) is 20.1. The van der Waals surface area contributed by atoms with Gasteiger partial charge in [0.2, 0.25) is 0 Å². The van der Waals surface area contributed by atoms with Gasteiger partial charge >= 0.3 is 6.01 Å². The number of thiazole rings is 1. The van der Waals surface area contributed by atoms with Crippen molar-refractivity contribution in [2.75, 3.05) is 26.2 Å². The molecule has 1 aliphatic carbocycles. The minimum atomic E-state index is -0.359. The number of hydrogen-bond donors (Lipinski definition) is 0. The van der Waals surface area contributed by atoms with Crippen molar-refractivity contribution in [3.05, 3.63) is 64.7 Å². The molecule has 3 unspecified atom stereocenters. The fourth-order valence-corrected chi connectivity index (χ4v) is 5.63. The first-order valence-corrected chi connectivity index (χ1v) is 12.8. The number of hydrogen-bond acceptors (Lipinski definition) is 8. The maximum Gasteiger partial charge on any atom is 0.316 e. The van der Waals surface area contributed by atoms with Gasteiger partial charge in [-0.1, -0.05) is 23.6 Å². The number of aromatic nitrogens is 4. The van der Waals surface area contributed by atoms with Gasteiger partial charge in [0.05, 0.1) is 34.3 Å². The number of morpholine rings is 1. The van der Waals surface area contributed by atoms with Crippen molar-refractivity contribution in [2.45, 2.75) is 44.8 Å². The summed E-state index contributed by atoms with van der Waals surface area (Å²) in [6.45, 7) is 7.73. The lowest BCUT2D eigenvalue weighted by Crippen LogP contribution is -2.46. The van der Waals surface area contributed by atoms with E-state index in [9.17, 15) is 0 Å². The number of ether oxygens (including phenoxy) is 2. The van der Waals surface area contributed by atoms with Gasteiger partial charge in [-0.25, -0.2) is 9.97 Å². The highest BCUT2D eigenvalue weighted by atomic mass is 32.1. The first-order valence-electron chi connectivity index (χ1n) is 11.9. The molecule has 0 radical (unpaired) electrons. The van der Waals surface area contributed by atoms with Gasteiger partial charge in [-0.3, -0.25) is 9.88 Å². The molecule has 3 aromatic heterocycles. The highest BCUT2D eigenvalue weighted by Crippen LogP contribution is 2.30. The van der Waals surface area contributed by atoms with E-state index in [1.54, 1.807) is 29.9 Å². The van der Waals surface area contributed by atoms with Gasteiger partial charge in [-0.2, -0.15) is 4.98 Å². The van der Waals surface area contributed by atoms with Crippen molar-refractivity contribution < 1.29 is 9.47 Å². The fourth-order valence-electron chi connectivity index (χ4n) is 4.62. The maximum atomic E-state index is 5.95. The summed E-state index contributed by atoms with van der Waals surface area (Å²) in [4.78, 5) is 20.2. The van der Waals surface area contributed by atoms with Crippen molar-refractivity contribution in [3.8, 4) is 18.4 Å².